The maximum Gasteiger partial charge on any atom is 0.338 e. The van der Waals surface area contributed by atoms with Crippen LogP contribution in [-0.4, -0.2) is 22.2 Å². The highest BCUT2D eigenvalue weighted by atomic mass is 79.9. The Morgan fingerprint density at radius 3 is 2.64 bits per heavy atom. The first-order valence-corrected chi connectivity index (χ1v) is 12.6. The number of nitrogens with zero attached hydrogens (tertiary/aromatic N) is 2. The van der Waals surface area contributed by atoms with Gasteiger partial charge in [0.2, 0.25) is 0 Å². The van der Waals surface area contributed by atoms with Crippen molar-refractivity contribution in [1.82, 2.24) is 4.57 Å². The van der Waals surface area contributed by atoms with Gasteiger partial charge < -0.3 is 9.84 Å². The fraction of sp³-hybridized carbons (Fsp3) is 0.174. The first-order valence-electron chi connectivity index (χ1n) is 9.84. The van der Waals surface area contributed by atoms with E-state index in [4.69, 9.17) is 16.3 Å². The molecule has 2 heterocycles. The number of phenolic OH excluding ortho intramolecular Hbond substituents is 1. The molecule has 1 N–H and O–H groups in total. The third-order valence-corrected chi connectivity index (χ3v) is 7.30. The summed E-state index contributed by atoms with van der Waals surface area (Å²) in [7, 11) is 0. The number of aromatic hydroxyl groups is 1. The van der Waals surface area contributed by atoms with Crippen LogP contribution in [0.4, 0.5) is 0 Å². The standard InChI is InChI=1S/C23H17Br2ClN2O4S/c1-3-32-22(31)18-11(2)27-23-28(19(18)12-4-6-14(24)7-5-12)21(30)17(33-23)9-13-8-15(25)10-16(26)20(13)29/h4-10,19,29H,3H2,1-2H3/b17-9-/t19-/m0/s1. The van der Waals surface area contributed by atoms with E-state index >= 15 is 0 Å². The number of allylic oxidation sites excluding steroid dienone is 1. The highest BCUT2D eigenvalue weighted by Gasteiger charge is 2.33. The van der Waals surface area contributed by atoms with Crippen molar-refractivity contribution in [3.8, 4) is 5.75 Å². The van der Waals surface area contributed by atoms with E-state index in [1.807, 2.05) is 24.3 Å². The lowest BCUT2D eigenvalue weighted by Gasteiger charge is -2.24. The quantitative estimate of drug-likeness (QED) is 0.434. The number of aromatic nitrogens is 1. The topological polar surface area (TPSA) is 80.9 Å². The van der Waals surface area contributed by atoms with Crippen molar-refractivity contribution in [1.29, 1.82) is 0 Å². The number of ether oxygens (including phenoxy) is 1. The maximum atomic E-state index is 13.6. The van der Waals surface area contributed by atoms with Crippen LogP contribution in [0.5, 0.6) is 5.75 Å². The number of fused-ring (bicyclic) bond motifs is 1. The number of hydrogen-bond acceptors (Lipinski definition) is 6. The minimum absolute atomic E-state index is 0.126. The molecule has 3 aromatic rings. The van der Waals surface area contributed by atoms with Crippen molar-refractivity contribution in [2.24, 2.45) is 4.99 Å². The van der Waals surface area contributed by atoms with E-state index < -0.39 is 12.0 Å². The monoisotopic (exact) mass is 610 g/mol. The molecule has 4 rings (SSSR count). The molecule has 0 spiro atoms. The summed E-state index contributed by atoms with van der Waals surface area (Å²) in [5, 5.41) is 10.5. The van der Waals surface area contributed by atoms with E-state index in [2.05, 4.69) is 36.9 Å². The Kier molecular flexibility index (Phi) is 6.95. The van der Waals surface area contributed by atoms with Gasteiger partial charge in [-0.1, -0.05) is 66.9 Å². The first-order chi connectivity index (χ1) is 15.7. The van der Waals surface area contributed by atoms with Crippen LogP contribution in [0.15, 0.2) is 66.4 Å². The molecule has 0 fully saturated rings. The van der Waals surface area contributed by atoms with Crippen LogP contribution in [0, 0.1) is 0 Å². The van der Waals surface area contributed by atoms with E-state index in [0.717, 1.165) is 10.0 Å². The average Bonchev–Trinajstić information content (AvgIpc) is 3.06. The summed E-state index contributed by atoms with van der Waals surface area (Å²) in [6, 6.07) is 9.94. The Balaban J connectivity index is 1.98. The van der Waals surface area contributed by atoms with Gasteiger partial charge in [0.05, 0.1) is 33.5 Å². The summed E-state index contributed by atoms with van der Waals surface area (Å²) in [5.41, 5.74) is 1.60. The highest BCUT2D eigenvalue weighted by molar-refractivity contribution is 9.10. The second-order valence-corrected chi connectivity index (χ2v) is 10.4. The number of thiazole rings is 1. The van der Waals surface area contributed by atoms with Gasteiger partial charge in [-0.2, -0.15) is 0 Å². The van der Waals surface area contributed by atoms with Crippen molar-refractivity contribution in [2.75, 3.05) is 6.61 Å². The second kappa shape index (κ2) is 9.58. The van der Waals surface area contributed by atoms with Crippen LogP contribution in [-0.2, 0) is 9.53 Å². The molecule has 0 saturated carbocycles. The van der Waals surface area contributed by atoms with Crippen LogP contribution in [0.1, 0.15) is 31.0 Å². The van der Waals surface area contributed by atoms with Gasteiger partial charge in [-0.25, -0.2) is 9.79 Å². The Labute approximate surface area is 214 Å². The van der Waals surface area contributed by atoms with Crippen LogP contribution in [0.2, 0.25) is 5.02 Å². The largest absolute Gasteiger partial charge is 0.506 e. The number of hydrogen-bond donors (Lipinski definition) is 1. The lowest BCUT2D eigenvalue weighted by Crippen LogP contribution is -2.39. The van der Waals surface area contributed by atoms with Crippen LogP contribution in [0.25, 0.3) is 6.08 Å². The molecule has 1 aliphatic rings. The van der Waals surface area contributed by atoms with Crippen LogP contribution < -0.4 is 14.9 Å². The van der Waals surface area contributed by atoms with Crippen LogP contribution >= 0.6 is 54.8 Å². The van der Waals surface area contributed by atoms with Crippen molar-refractivity contribution >= 4 is 66.8 Å². The number of phenols is 1. The van der Waals surface area contributed by atoms with Gasteiger partial charge >= 0.3 is 5.97 Å². The number of benzene rings is 2. The lowest BCUT2D eigenvalue weighted by atomic mass is 9.96. The third-order valence-electron chi connectivity index (χ3n) is 5.05. The van der Waals surface area contributed by atoms with Crippen LogP contribution in [0.3, 0.4) is 0 Å². The number of esters is 1. The molecule has 0 radical (unpaired) electrons. The van der Waals surface area contributed by atoms with Gasteiger partial charge in [0.25, 0.3) is 5.56 Å². The van der Waals surface area contributed by atoms with Gasteiger partial charge in [-0.3, -0.25) is 9.36 Å². The molecule has 0 bridgehead atoms. The molecule has 0 amide bonds. The van der Waals surface area contributed by atoms with Gasteiger partial charge in [0.15, 0.2) is 4.80 Å². The third kappa shape index (κ3) is 4.59. The molecule has 170 valence electrons. The van der Waals surface area contributed by atoms with Gasteiger partial charge in [0, 0.05) is 14.5 Å². The van der Waals surface area contributed by atoms with E-state index in [1.54, 1.807) is 32.1 Å². The molecular weight excluding hydrogens is 596 g/mol. The highest BCUT2D eigenvalue weighted by Crippen LogP contribution is 2.33. The summed E-state index contributed by atoms with van der Waals surface area (Å²) < 4.78 is 8.67. The van der Waals surface area contributed by atoms with E-state index in [9.17, 15) is 14.7 Å². The number of carbonyl (C=O) groups excluding carboxylic acids is 1. The van der Waals surface area contributed by atoms with E-state index in [0.29, 0.717) is 30.6 Å². The average molecular weight is 613 g/mol. The fourth-order valence-electron chi connectivity index (χ4n) is 3.59. The van der Waals surface area contributed by atoms with Gasteiger partial charge in [0.1, 0.15) is 5.75 Å². The summed E-state index contributed by atoms with van der Waals surface area (Å²) >= 11 is 14.0. The van der Waals surface area contributed by atoms with Crippen molar-refractivity contribution in [3.05, 3.63) is 92.5 Å². The van der Waals surface area contributed by atoms with Gasteiger partial charge in [-0.15, -0.1) is 0 Å². The molecule has 0 aliphatic carbocycles. The summed E-state index contributed by atoms with van der Waals surface area (Å²) in [6.45, 7) is 3.67. The number of halogens is 3. The van der Waals surface area contributed by atoms with Gasteiger partial charge in [-0.05, 0) is 49.8 Å². The minimum atomic E-state index is -0.699. The molecule has 10 heteroatoms. The predicted octanol–water partition coefficient (Wildman–Crippen LogP) is 4.68. The van der Waals surface area contributed by atoms with E-state index in [-0.39, 0.29) is 22.9 Å². The molecule has 1 atom stereocenters. The molecule has 6 nitrogen and oxygen atoms in total. The molecule has 1 aromatic heterocycles. The van der Waals surface area contributed by atoms with Crippen molar-refractivity contribution in [3.63, 3.8) is 0 Å². The summed E-state index contributed by atoms with van der Waals surface area (Å²) in [6.07, 6.45) is 1.57. The zero-order valence-electron chi connectivity index (χ0n) is 17.4. The summed E-state index contributed by atoms with van der Waals surface area (Å²) in [5.74, 6) is -0.643. The predicted molar refractivity (Wildman–Crippen MR) is 135 cm³/mol. The minimum Gasteiger partial charge on any atom is -0.506 e. The molecule has 0 saturated heterocycles. The number of rotatable bonds is 4. The van der Waals surface area contributed by atoms with E-state index in [1.165, 1.54) is 15.9 Å². The molecular formula is C23H17Br2ClN2O4S. The Hall–Kier alpha value is -2.20. The molecule has 2 aromatic carbocycles. The lowest BCUT2D eigenvalue weighted by molar-refractivity contribution is -0.139. The normalized spacial score (nSPS) is 15.9. The molecule has 33 heavy (non-hydrogen) atoms. The zero-order chi connectivity index (χ0) is 23.9. The Bertz CT molecular complexity index is 1480. The van der Waals surface area contributed by atoms with Crippen molar-refractivity contribution in [2.45, 2.75) is 19.9 Å². The fourth-order valence-corrected chi connectivity index (χ4v) is 5.72. The molecule has 1 aliphatic heterocycles. The van der Waals surface area contributed by atoms with Crippen molar-refractivity contribution < 1.29 is 14.6 Å². The number of carbonyl (C=O) groups is 1. The Morgan fingerprint density at radius 2 is 1.97 bits per heavy atom. The first kappa shape index (κ1) is 23.9. The maximum absolute atomic E-state index is 13.6. The molecule has 0 unspecified atom stereocenters. The smallest absolute Gasteiger partial charge is 0.338 e. The SMILES string of the molecule is CCOC(=O)C1=C(C)N=c2s/c(=C\c3cc(Br)cc(Cl)c3O)c(=O)n2[C@H]1c1ccc(Br)cc1. The zero-order valence-corrected chi connectivity index (χ0v) is 22.2. The Morgan fingerprint density at radius 1 is 1.27 bits per heavy atom. The second-order valence-electron chi connectivity index (χ2n) is 7.18. The summed E-state index contributed by atoms with van der Waals surface area (Å²) in [4.78, 5) is 31.4.